The van der Waals surface area contributed by atoms with Crippen molar-refractivity contribution in [1.82, 2.24) is 0 Å². The summed E-state index contributed by atoms with van der Waals surface area (Å²) in [7, 11) is -1.79. The molecule has 0 saturated carbocycles. The van der Waals surface area contributed by atoms with Crippen molar-refractivity contribution in [1.29, 1.82) is 0 Å². The first-order valence-electron chi connectivity index (χ1n) is 4.82. The van der Waals surface area contributed by atoms with Crippen LogP contribution in [0.4, 0.5) is 0 Å². The van der Waals surface area contributed by atoms with Crippen LogP contribution in [0.3, 0.4) is 0 Å². The second kappa shape index (κ2) is 4.07. The molecule has 74 valence electrons. The molecule has 0 aromatic carbocycles. The summed E-state index contributed by atoms with van der Waals surface area (Å²) in [4.78, 5) is 0. The first kappa shape index (κ1) is 12.4. The van der Waals surface area contributed by atoms with Crippen molar-refractivity contribution in [2.45, 2.75) is 58.2 Å². The molecule has 0 unspecified atom stereocenters. The summed E-state index contributed by atoms with van der Waals surface area (Å²) in [5.74, 6) is 0. The van der Waals surface area contributed by atoms with E-state index in [4.69, 9.17) is 4.43 Å². The maximum Gasteiger partial charge on any atom is 0.184 e. The Balaban J connectivity index is 4.04. The highest BCUT2D eigenvalue weighted by Crippen LogP contribution is 2.21. The van der Waals surface area contributed by atoms with E-state index in [2.05, 4.69) is 47.0 Å². The minimum absolute atomic E-state index is 0.0546. The van der Waals surface area contributed by atoms with Crippen LogP contribution in [0.25, 0.3) is 0 Å². The molecule has 0 aliphatic carbocycles. The molecule has 0 N–H and O–H groups in total. The van der Waals surface area contributed by atoms with Gasteiger partial charge in [-0.25, -0.2) is 0 Å². The van der Waals surface area contributed by atoms with Gasteiger partial charge in [0.1, 0.15) is 0 Å². The van der Waals surface area contributed by atoms with Crippen molar-refractivity contribution < 1.29 is 4.43 Å². The van der Waals surface area contributed by atoms with Crippen LogP contribution in [-0.2, 0) is 4.43 Å². The molecule has 1 nitrogen and oxygen atoms in total. The van der Waals surface area contributed by atoms with Gasteiger partial charge in [-0.1, -0.05) is 13.1 Å². The highest BCUT2D eigenvalue weighted by atomic mass is 28.4. The van der Waals surface area contributed by atoms with E-state index in [0.29, 0.717) is 0 Å². The molecule has 0 saturated heterocycles. The monoisotopic (exact) mass is 204 g/mol. The second-order valence-corrected chi connectivity index (χ2v) is 13.7. The molecule has 0 aromatic rings. The molecule has 0 atom stereocenters. The molecule has 0 heterocycles. The molecule has 12 heavy (non-hydrogen) atoms. The van der Waals surface area contributed by atoms with Gasteiger partial charge >= 0.3 is 0 Å². The molecule has 0 spiro atoms. The quantitative estimate of drug-likeness (QED) is 0.642. The van der Waals surface area contributed by atoms with Gasteiger partial charge in [0.15, 0.2) is 8.32 Å². The fourth-order valence-corrected chi connectivity index (χ4v) is 11.7. The maximum atomic E-state index is 6.11. The normalized spacial score (nSPS) is 14.0. The SMILES string of the molecule is C[SiH](C)C[Si](C)(C)OC(C)(C)C. The van der Waals surface area contributed by atoms with Crippen LogP contribution in [0.5, 0.6) is 0 Å². The Morgan fingerprint density at radius 1 is 1.17 bits per heavy atom. The van der Waals surface area contributed by atoms with Crippen molar-refractivity contribution in [3.63, 3.8) is 0 Å². The first-order valence-corrected chi connectivity index (χ1v) is 11.1. The standard InChI is InChI=1S/C9H24OSi2/c1-9(2,3)10-12(6,7)8-11(4)5/h11H,8H2,1-7H3. The van der Waals surface area contributed by atoms with Crippen LogP contribution in [0.2, 0.25) is 31.9 Å². The van der Waals surface area contributed by atoms with E-state index in [-0.39, 0.29) is 5.60 Å². The molecule has 0 fully saturated rings. The summed E-state index contributed by atoms with van der Waals surface area (Å²) in [6.07, 6.45) is 0. The van der Waals surface area contributed by atoms with Crippen molar-refractivity contribution in [2.75, 3.05) is 0 Å². The predicted molar refractivity (Wildman–Crippen MR) is 62.0 cm³/mol. The van der Waals surface area contributed by atoms with Gasteiger partial charge in [0, 0.05) is 14.4 Å². The Labute approximate surface area is 80.3 Å². The summed E-state index contributed by atoms with van der Waals surface area (Å²) >= 11 is 0. The minimum Gasteiger partial charge on any atom is -0.413 e. The maximum absolute atomic E-state index is 6.11. The summed E-state index contributed by atoms with van der Waals surface area (Å²) in [5, 5.41) is 0. The lowest BCUT2D eigenvalue weighted by Gasteiger charge is -2.33. The number of hydrogen-bond acceptors (Lipinski definition) is 1. The van der Waals surface area contributed by atoms with Crippen LogP contribution < -0.4 is 0 Å². The second-order valence-electron chi connectivity index (χ2n) is 5.57. The average Bonchev–Trinajstić information content (AvgIpc) is 1.48. The van der Waals surface area contributed by atoms with Crippen LogP contribution in [0.1, 0.15) is 20.8 Å². The summed E-state index contributed by atoms with van der Waals surface area (Å²) in [5.41, 5.74) is 1.45. The molecular weight excluding hydrogens is 180 g/mol. The van der Waals surface area contributed by atoms with E-state index in [1.165, 1.54) is 5.67 Å². The van der Waals surface area contributed by atoms with E-state index >= 15 is 0 Å². The molecule has 0 aliphatic heterocycles. The Kier molecular flexibility index (Phi) is 4.20. The van der Waals surface area contributed by atoms with Crippen molar-refractivity contribution in [3.8, 4) is 0 Å². The summed E-state index contributed by atoms with van der Waals surface area (Å²) in [6.45, 7) is 16.0. The average molecular weight is 204 g/mol. The van der Waals surface area contributed by atoms with E-state index < -0.39 is 17.1 Å². The Bertz CT molecular complexity index is 136. The highest BCUT2D eigenvalue weighted by molar-refractivity contribution is 6.83. The largest absolute Gasteiger partial charge is 0.413 e. The minimum atomic E-state index is -1.34. The molecule has 0 rings (SSSR count). The molecular formula is C9H24OSi2. The molecule has 0 aliphatic rings. The Morgan fingerprint density at radius 3 is 1.83 bits per heavy atom. The molecule has 0 amide bonds. The van der Waals surface area contributed by atoms with Crippen LogP contribution in [-0.4, -0.2) is 22.7 Å². The van der Waals surface area contributed by atoms with Crippen molar-refractivity contribution >= 4 is 17.1 Å². The third-order valence-electron chi connectivity index (χ3n) is 1.48. The van der Waals surface area contributed by atoms with Gasteiger partial charge in [0.25, 0.3) is 0 Å². The molecule has 0 radical (unpaired) electrons. The zero-order valence-corrected chi connectivity index (χ0v) is 11.8. The summed E-state index contributed by atoms with van der Waals surface area (Å²) in [6, 6.07) is 0. The van der Waals surface area contributed by atoms with Gasteiger partial charge in [-0.3, -0.25) is 0 Å². The van der Waals surface area contributed by atoms with E-state index in [1.54, 1.807) is 0 Å². The van der Waals surface area contributed by atoms with Gasteiger partial charge in [0.05, 0.1) is 0 Å². The zero-order chi connectivity index (χ0) is 9.99. The van der Waals surface area contributed by atoms with Gasteiger partial charge in [0.2, 0.25) is 0 Å². The van der Waals surface area contributed by atoms with Crippen molar-refractivity contribution in [3.05, 3.63) is 0 Å². The number of hydrogen-bond donors (Lipinski definition) is 0. The smallest absolute Gasteiger partial charge is 0.184 e. The van der Waals surface area contributed by atoms with Crippen LogP contribution in [0, 0.1) is 0 Å². The van der Waals surface area contributed by atoms with Crippen LogP contribution >= 0.6 is 0 Å². The fraction of sp³-hybridized carbons (Fsp3) is 1.00. The van der Waals surface area contributed by atoms with Crippen LogP contribution in [0.15, 0.2) is 0 Å². The summed E-state index contributed by atoms with van der Waals surface area (Å²) < 4.78 is 6.11. The van der Waals surface area contributed by atoms with Gasteiger partial charge in [-0.05, 0) is 39.5 Å². The van der Waals surface area contributed by atoms with E-state index in [9.17, 15) is 0 Å². The zero-order valence-electron chi connectivity index (χ0n) is 9.69. The van der Waals surface area contributed by atoms with E-state index in [0.717, 1.165) is 0 Å². The lowest BCUT2D eigenvalue weighted by molar-refractivity contribution is 0.122. The first-order chi connectivity index (χ1) is 5.12. The Hall–Kier alpha value is 0.394. The fourth-order valence-electron chi connectivity index (χ4n) is 1.85. The van der Waals surface area contributed by atoms with E-state index in [1.807, 2.05) is 0 Å². The Morgan fingerprint density at radius 2 is 1.58 bits per heavy atom. The topological polar surface area (TPSA) is 9.23 Å². The number of rotatable bonds is 3. The lowest BCUT2D eigenvalue weighted by Crippen LogP contribution is -2.41. The molecule has 3 heteroatoms. The molecule has 0 aromatic heterocycles. The third kappa shape index (κ3) is 7.07. The van der Waals surface area contributed by atoms with Gasteiger partial charge < -0.3 is 4.43 Å². The lowest BCUT2D eigenvalue weighted by atomic mass is 10.2. The molecule has 0 bridgehead atoms. The predicted octanol–water partition coefficient (Wildman–Crippen LogP) is 3.03. The van der Waals surface area contributed by atoms with Gasteiger partial charge in [-0.2, -0.15) is 0 Å². The third-order valence-corrected chi connectivity index (χ3v) is 9.85. The van der Waals surface area contributed by atoms with Crippen molar-refractivity contribution in [2.24, 2.45) is 0 Å². The highest BCUT2D eigenvalue weighted by Gasteiger charge is 2.29. The van der Waals surface area contributed by atoms with Gasteiger partial charge in [-0.15, -0.1) is 0 Å².